The van der Waals surface area contributed by atoms with Gasteiger partial charge in [0.05, 0.1) is 9.77 Å². The lowest BCUT2D eigenvalue weighted by Gasteiger charge is -1.92. The molecule has 48 valence electrons. The number of hydrogen-bond acceptors (Lipinski definition) is 2. The minimum atomic E-state index is -0.329. The van der Waals surface area contributed by atoms with Gasteiger partial charge in [0.2, 0.25) is 0 Å². The lowest BCUT2D eigenvalue weighted by atomic mass is 10.4. The van der Waals surface area contributed by atoms with E-state index < -0.39 is 0 Å². The van der Waals surface area contributed by atoms with E-state index in [0.29, 0.717) is 9.39 Å². The zero-order valence-corrected chi connectivity index (χ0v) is 6.59. The highest BCUT2D eigenvalue weighted by Gasteiger charge is 1.96. The summed E-state index contributed by atoms with van der Waals surface area (Å²) >= 11 is 1.85. The number of nitrogens with zero attached hydrogens (tertiary/aromatic N) is 1. The molecule has 0 spiro atoms. The van der Waals surface area contributed by atoms with Crippen molar-refractivity contribution < 1.29 is 4.39 Å². The molecule has 2 N–H and O–H groups in total. The van der Waals surface area contributed by atoms with E-state index in [4.69, 9.17) is 5.73 Å². The topological polar surface area (TPSA) is 38.9 Å². The van der Waals surface area contributed by atoms with Gasteiger partial charge in [-0.3, -0.25) is 0 Å². The number of nitrogen functional groups attached to an aromatic ring is 1. The molecule has 0 fully saturated rings. The third-order valence-corrected chi connectivity index (χ3v) is 1.66. The third kappa shape index (κ3) is 1.51. The van der Waals surface area contributed by atoms with Crippen molar-refractivity contribution in [3.8, 4) is 0 Å². The van der Waals surface area contributed by atoms with Gasteiger partial charge in [0.15, 0.2) is 5.82 Å². The van der Waals surface area contributed by atoms with Gasteiger partial charge in [-0.25, -0.2) is 9.37 Å². The van der Waals surface area contributed by atoms with Crippen LogP contribution in [0.25, 0.3) is 0 Å². The maximum Gasteiger partial charge on any atom is 0.154 e. The van der Waals surface area contributed by atoms with Gasteiger partial charge < -0.3 is 5.73 Å². The zero-order chi connectivity index (χ0) is 6.85. The highest BCUT2D eigenvalue weighted by atomic mass is 127. The molecule has 0 aliphatic carbocycles. The lowest BCUT2D eigenvalue weighted by Crippen LogP contribution is -1.91. The van der Waals surface area contributed by atoms with Gasteiger partial charge in [-0.1, -0.05) is 0 Å². The molecule has 0 saturated heterocycles. The fourth-order valence-electron chi connectivity index (χ4n) is 0.429. The van der Waals surface area contributed by atoms with Gasteiger partial charge in [-0.2, -0.15) is 0 Å². The van der Waals surface area contributed by atoms with E-state index in [-0.39, 0.29) is 5.82 Å². The van der Waals surface area contributed by atoms with Crippen molar-refractivity contribution in [2.45, 2.75) is 0 Å². The van der Waals surface area contributed by atoms with E-state index in [9.17, 15) is 4.39 Å². The molecule has 1 aromatic rings. The fraction of sp³-hybridized carbons (Fsp3) is 0. The van der Waals surface area contributed by atoms with E-state index in [1.54, 1.807) is 0 Å². The standard InChI is InChI=1S/C5H4FIN2/c6-3-2-9-5(8)1-4(3)7/h1-2H,(H2,8,9). The van der Waals surface area contributed by atoms with Crippen LogP contribution in [0.3, 0.4) is 0 Å². The summed E-state index contributed by atoms with van der Waals surface area (Å²) in [6, 6.07) is 1.48. The average molecular weight is 238 g/mol. The minimum absolute atomic E-state index is 0.329. The van der Waals surface area contributed by atoms with Crippen molar-refractivity contribution in [3.63, 3.8) is 0 Å². The minimum Gasteiger partial charge on any atom is -0.384 e. The van der Waals surface area contributed by atoms with Gasteiger partial charge >= 0.3 is 0 Å². The maximum absolute atomic E-state index is 12.4. The number of rotatable bonds is 0. The number of hydrogen-bond donors (Lipinski definition) is 1. The molecule has 0 aliphatic heterocycles. The monoisotopic (exact) mass is 238 g/mol. The lowest BCUT2D eigenvalue weighted by molar-refractivity contribution is 0.614. The van der Waals surface area contributed by atoms with E-state index >= 15 is 0 Å². The molecule has 2 nitrogen and oxygen atoms in total. The second kappa shape index (κ2) is 2.47. The normalized spacial score (nSPS) is 9.56. The quantitative estimate of drug-likeness (QED) is 0.694. The van der Waals surface area contributed by atoms with Crippen molar-refractivity contribution >= 4 is 28.4 Å². The maximum atomic E-state index is 12.4. The molecule has 1 aromatic heterocycles. The highest BCUT2D eigenvalue weighted by molar-refractivity contribution is 14.1. The number of nitrogens with two attached hydrogens (primary N) is 1. The summed E-state index contributed by atoms with van der Waals surface area (Å²) in [4.78, 5) is 3.54. The Kier molecular flexibility index (Phi) is 1.84. The van der Waals surface area contributed by atoms with Crippen LogP contribution < -0.4 is 5.73 Å². The Bertz CT molecular complexity index is 226. The molecule has 0 saturated carbocycles. The Balaban J connectivity index is 3.17. The predicted molar refractivity (Wildman–Crippen MR) is 41.3 cm³/mol. The smallest absolute Gasteiger partial charge is 0.154 e. The van der Waals surface area contributed by atoms with Crippen LogP contribution in [-0.4, -0.2) is 4.98 Å². The molecule has 9 heavy (non-hydrogen) atoms. The molecule has 0 amide bonds. The fourth-order valence-corrected chi connectivity index (χ4v) is 0.887. The highest BCUT2D eigenvalue weighted by Crippen LogP contribution is 2.10. The summed E-state index contributed by atoms with van der Waals surface area (Å²) < 4.78 is 12.9. The first-order valence-electron chi connectivity index (χ1n) is 2.26. The molecule has 0 aromatic carbocycles. The number of anilines is 1. The van der Waals surface area contributed by atoms with Crippen molar-refractivity contribution in [2.75, 3.05) is 5.73 Å². The molecular weight excluding hydrogens is 234 g/mol. The van der Waals surface area contributed by atoms with Crippen molar-refractivity contribution in [3.05, 3.63) is 21.7 Å². The first-order chi connectivity index (χ1) is 4.20. The first-order valence-corrected chi connectivity index (χ1v) is 3.34. The second-order valence-corrected chi connectivity index (χ2v) is 2.69. The second-order valence-electron chi connectivity index (χ2n) is 1.52. The van der Waals surface area contributed by atoms with Gasteiger partial charge in [-0.15, -0.1) is 0 Å². The van der Waals surface area contributed by atoms with Crippen molar-refractivity contribution in [2.24, 2.45) is 0 Å². The Morgan fingerprint density at radius 2 is 2.33 bits per heavy atom. The number of halogens is 2. The van der Waals surface area contributed by atoms with E-state index in [1.807, 2.05) is 22.6 Å². The van der Waals surface area contributed by atoms with Crippen LogP contribution in [0.4, 0.5) is 10.2 Å². The van der Waals surface area contributed by atoms with Gasteiger partial charge in [0.25, 0.3) is 0 Å². The molecular formula is C5H4FIN2. The van der Waals surface area contributed by atoms with Crippen LogP contribution in [0.15, 0.2) is 12.3 Å². The van der Waals surface area contributed by atoms with Crippen LogP contribution in [0, 0.1) is 9.39 Å². The number of pyridine rings is 1. The van der Waals surface area contributed by atoms with Crippen molar-refractivity contribution in [1.29, 1.82) is 0 Å². The average Bonchev–Trinajstić information content (AvgIpc) is 1.80. The molecule has 0 bridgehead atoms. The van der Waals surface area contributed by atoms with Crippen LogP contribution in [0.2, 0.25) is 0 Å². The van der Waals surface area contributed by atoms with Crippen LogP contribution in [-0.2, 0) is 0 Å². The first kappa shape index (κ1) is 6.73. The summed E-state index contributed by atoms with van der Waals surface area (Å²) in [5, 5.41) is 0. The summed E-state index contributed by atoms with van der Waals surface area (Å²) in [5.74, 6) is 0.0191. The largest absolute Gasteiger partial charge is 0.384 e. The van der Waals surface area contributed by atoms with Crippen LogP contribution in [0.1, 0.15) is 0 Å². The summed E-state index contributed by atoms with van der Waals surface area (Å²) in [6.07, 6.45) is 1.11. The zero-order valence-electron chi connectivity index (χ0n) is 4.44. The van der Waals surface area contributed by atoms with E-state index in [1.165, 1.54) is 6.07 Å². The molecule has 1 rings (SSSR count). The summed E-state index contributed by atoms with van der Waals surface area (Å²) in [5.41, 5.74) is 5.24. The Morgan fingerprint density at radius 3 is 2.78 bits per heavy atom. The van der Waals surface area contributed by atoms with Crippen molar-refractivity contribution in [1.82, 2.24) is 4.98 Å². The third-order valence-electron chi connectivity index (χ3n) is 0.830. The predicted octanol–water partition coefficient (Wildman–Crippen LogP) is 1.41. The Hall–Kier alpha value is -0.390. The molecule has 0 radical (unpaired) electrons. The molecule has 0 aliphatic rings. The van der Waals surface area contributed by atoms with E-state index in [0.717, 1.165) is 6.20 Å². The Labute approximate surface area is 65.4 Å². The molecule has 0 atom stereocenters. The van der Waals surface area contributed by atoms with Gasteiger partial charge in [-0.05, 0) is 28.7 Å². The molecule has 1 heterocycles. The molecule has 0 unspecified atom stereocenters. The van der Waals surface area contributed by atoms with Crippen LogP contribution in [0.5, 0.6) is 0 Å². The van der Waals surface area contributed by atoms with Gasteiger partial charge in [0.1, 0.15) is 5.82 Å². The Morgan fingerprint density at radius 1 is 1.67 bits per heavy atom. The summed E-state index contributed by atoms with van der Waals surface area (Å²) in [7, 11) is 0. The van der Waals surface area contributed by atoms with E-state index in [2.05, 4.69) is 4.98 Å². The molecule has 4 heteroatoms. The summed E-state index contributed by atoms with van der Waals surface area (Å²) in [6.45, 7) is 0. The van der Waals surface area contributed by atoms with Gasteiger partial charge in [0, 0.05) is 0 Å². The van der Waals surface area contributed by atoms with Crippen LogP contribution >= 0.6 is 22.6 Å². The SMILES string of the molecule is Nc1cc(I)c(F)cn1. The number of aromatic nitrogens is 1.